The highest BCUT2D eigenvalue weighted by Crippen LogP contribution is 2.21. The van der Waals surface area contributed by atoms with E-state index >= 15 is 0 Å². The Hall–Kier alpha value is -2.81. The van der Waals surface area contributed by atoms with Crippen LogP contribution in [0.3, 0.4) is 0 Å². The molecule has 1 amide bonds. The van der Waals surface area contributed by atoms with Crippen molar-refractivity contribution in [1.82, 2.24) is 0 Å². The van der Waals surface area contributed by atoms with Gasteiger partial charge in [0.2, 0.25) is 0 Å². The number of carbonyl (C=O) groups excluding carboxylic acids is 1. The number of aromatic hydroxyl groups is 1. The Morgan fingerprint density at radius 1 is 1.04 bits per heavy atom. The van der Waals surface area contributed by atoms with Crippen LogP contribution in [0.4, 0.5) is 5.69 Å². The lowest BCUT2D eigenvalue weighted by molar-refractivity contribution is 0.102. The molecule has 0 aliphatic carbocycles. The predicted octanol–water partition coefficient (Wildman–Crippen LogP) is 5.57. The molecule has 2 rings (SSSR count). The van der Waals surface area contributed by atoms with E-state index in [0.717, 1.165) is 11.1 Å². The molecule has 0 atom stereocenters. The van der Waals surface area contributed by atoms with Crippen LogP contribution in [0.1, 0.15) is 42.3 Å². The van der Waals surface area contributed by atoms with Crippen molar-refractivity contribution in [1.29, 1.82) is 0 Å². The van der Waals surface area contributed by atoms with Gasteiger partial charge in [-0.3, -0.25) is 4.79 Å². The molecule has 2 aromatic carbocycles. The van der Waals surface area contributed by atoms with Gasteiger partial charge in [0, 0.05) is 5.69 Å². The summed E-state index contributed by atoms with van der Waals surface area (Å²) in [6.07, 6.45) is 7.55. The van der Waals surface area contributed by atoms with Crippen LogP contribution in [-0.2, 0) is 0 Å². The van der Waals surface area contributed by atoms with Gasteiger partial charge in [-0.2, -0.15) is 0 Å². The molecule has 24 heavy (non-hydrogen) atoms. The second kappa shape index (κ2) is 10.1. The Morgan fingerprint density at radius 3 is 2.29 bits per heavy atom. The number of phenols is 1. The first-order chi connectivity index (χ1) is 11.6. The maximum atomic E-state index is 12.2. The molecule has 0 aliphatic heterocycles. The molecule has 0 saturated heterocycles. The summed E-state index contributed by atoms with van der Waals surface area (Å²) in [7, 11) is 0. The van der Waals surface area contributed by atoms with E-state index < -0.39 is 0 Å². The molecular formula is C21H25NO2. The van der Waals surface area contributed by atoms with Crippen LogP contribution in [0.15, 0.2) is 60.7 Å². The molecule has 0 bridgehead atoms. The zero-order valence-electron chi connectivity index (χ0n) is 14.7. The fourth-order valence-corrected chi connectivity index (χ4v) is 1.96. The molecule has 2 N–H and O–H groups in total. The molecule has 3 heteroatoms. The van der Waals surface area contributed by atoms with Gasteiger partial charge in [-0.1, -0.05) is 61.9 Å². The van der Waals surface area contributed by atoms with E-state index in [1.54, 1.807) is 18.2 Å². The smallest absolute Gasteiger partial charge is 0.259 e. The van der Waals surface area contributed by atoms with E-state index in [1.807, 2.05) is 76.3 Å². The minimum Gasteiger partial charge on any atom is -0.507 e. The first kappa shape index (κ1) is 19.2. The van der Waals surface area contributed by atoms with E-state index in [4.69, 9.17) is 0 Å². The number of carbonyl (C=O) groups is 1. The Bertz CT molecular complexity index is 713. The van der Waals surface area contributed by atoms with Crippen molar-refractivity contribution in [2.24, 2.45) is 0 Å². The molecule has 0 unspecified atom stereocenters. The third-order valence-corrected chi connectivity index (χ3v) is 3.17. The van der Waals surface area contributed by atoms with Gasteiger partial charge in [0.05, 0.1) is 5.56 Å². The summed E-state index contributed by atoms with van der Waals surface area (Å²) >= 11 is 0. The fourth-order valence-electron chi connectivity index (χ4n) is 1.96. The van der Waals surface area contributed by atoms with Gasteiger partial charge >= 0.3 is 0 Å². The zero-order chi connectivity index (χ0) is 17.9. The Labute approximate surface area is 144 Å². The predicted molar refractivity (Wildman–Crippen MR) is 102 cm³/mol. The molecular weight excluding hydrogens is 298 g/mol. The lowest BCUT2D eigenvalue weighted by Crippen LogP contribution is -2.12. The third-order valence-electron chi connectivity index (χ3n) is 3.17. The van der Waals surface area contributed by atoms with Gasteiger partial charge in [-0.15, -0.1) is 0 Å². The van der Waals surface area contributed by atoms with Crippen LogP contribution in [0.2, 0.25) is 0 Å². The SMILES string of the molecule is C/C=C\C=C/c1ccc(C(=O)Nc2ccc(C)cc2)c(O)c1.CC. The number of rotatable bonds is 4. The molecule has 0 radical (unpaired) electrons. The Kier molecular flexibility index (Phi) is 8.06. The standard InChI is InChI=1S/C19H19NO2.C2H6/c1-3-4-5-6-15-9-12-17(18(21)13-15)19(22)20-16-10-7-14(2)8-11-16;1-2/h3-13,21H,1-2H3,(H,20,22);1-2H3/b4-3-,6-5-;. The molecule has 0 aromatic heterocycles. The van der Waals surface area contributed by atoms with Crippen LogP contribution >= 0.6 is 0 Å². The zero-order valence-corrected chi connectivity index (χ0v) is 14.7. The van der Waals surface area contributed by atoms with E-state index in [9.17, 15) is 9.90 Å². The molecule has 0 aliphatic rings. The van der Waals surface area contributed by atoms with Gasteiger partial charge in [0.15, 0.2) is 0 Å². The highest BCUT2D eigenvalue weighted by Gasteiger charge is 2.11. The average Bonchev–Trinajstić information content (AvgIpc) is 2.59. The summed E-state index contributed by atoms with van der Waals surface area (Å²) in [6.45, 7) is 7.91. The lowest BCUT2D eigenvalue weighted by Gasteiger charge is -2.08. The number of aryl methyl sites for hydroxylation is 1. The van der Waals surface area contributed by atoms with Crippen LogP contribution in [0, 0.1) is 6.92 Å². The molecule has 0 spiro atoms. The van der Waals surface area contributed by atoms with Gasteiger partial charge in [-0.25, -0.2) is 0 Å². The second-order valence-corrected chi connectivity index (χ2v) is 4.98. The minimum atomic E-state index is -0.328. The highest BCUT2D eigenvalue weighted by atomic mass is 16.3. The van der Waals surface area contributed by atoms with Gasteiger partial charge < -0.3 is 10.4 Å². The number of anilines is 1. The van der Waals surface area contributed by atoms with Crippen molar-refractivity contribution < 1.29 is 9.90 Å². The number of amides is 1. The van der Waals surface area contributed by atoms with Gasteiger partial charge in [-0.05, 0) is 43.7 Å². The monoisotopic (exact) mass is 323 g/mol. The average molecular weight is 323 g/mol. The molecule has 3 nitrogen and oxygen atoms in total. The van der Waals surface area contributed by atoms with Gasteiger partial charge in [0.25, 0.3) is 5.91 Å². The topological polar surface area (TPSA) is 49.3 Å². The maximum Gasteiger partial charge on any atom is 0.259 e. The summed E-state index contributed by atoms with van der Waals surface area (Å²) in [6, 6.07) is 12.5. The quantitative estimate of drug-likeness (QED) is 0.723. The fraction of sp³-hybridized carbons (Fsp3) is 0.190. The summed E-state index contributed by atoms with van der Waals surface area (Å²) in [5, 5.41) is 12.8. The van der Waals surface area contributed by atoms with E-state index in [0.29, 0.717) is 5.69 Å². The molecule has 0 fully saturated rings. The van der Waals surface area contributed by atoms with Crippen molar-refractivity contribution >= 4 is 17.7 Å². The second-order valence-electron chi connectivity index (χ2n) is 4.98. The van der Waals surface area contributed by atoms with E-state index in [2.05, 4.69) is 5.32 Å². The summed E-state index contributed by atoms with van der Waals surface area (Å²) in [5.41, 5.74) is 2.91. The van der Waals surface area contributed by atoms with Crippen LogP contribution < -0.4 is 5.32 Å². The number of phenolic OH excluding ortho intramolecular Hbond substituents is 1. The number of nitrogens with one attached hydrogen (secondary N) is 1. The van der Waals surface area contributed by atoms with E-state index in [-0.39, 0.29) is 17.2 Å². The van der Waals surface area contributed by atoms with Crippen LogP contribution in [-0.4, -0.2) is 11.0 Å². The van der Waals surface area contributed by atoms with Crippen molar-refractivity contribution in [3.63, 3.8) is 0 Å². The number of allylic oxidation sites excluding steroid dienone is 3. The lowest BCUT2D eigenvalue weighted by atomic mass is 10.1. The summed E-state index contributed by atoms with van der Waals surface area (Å²) < 4.78 is 0. The minimum absolute atomic E-state index is 0.0350. The molecule has 0 saturated carbocycles. The maximum absolute atomic E-state index is 12.2. The van der Waals surface area contributed by atoms with Crippen molar-refractivity contribution in [3.8, 4) is 5.75 Å². The largest absolute Gasteiger partial charge is 0.507 e. The van der Waals surface area contributed by atoms with Gasteiger partial charge in [0.1, 0.15) is 5.75 Å². The molecule has 0 heterocycles. The van der Waals surface area contributed by atoms with Crippen LogP contribution in [0.5, 0.6) is 5.75 Å². The van der Waals surface area contributed by atoms with Crippen molar-refractivity contribution in [3.05, 3.63) is 77.4 Å². The highest BCUT2D eigenvalue weighted by molar-refractivity contribution is 6.06. The molecule has 2 aromatic rings. The summed E-state index contributed by atoms with van der Waals surface area (Å²) in [5.74, 6) is -0.363. The molecule has 126 valence electrons. The first-order valence-corrected chi connectivity index (χ1v) is 8.10. The number of hydrogen-bond acceptors (Lipinski definition) is 2. The van der Waals surface area contributed by atoms with Crippen LogP contribution in [0.25, 0.3) is 6.08 Å². The first-order valence-electron chi connectivity index (χ1n) is 8.10. The van der Waals surface area contributed by atoms with E-state index in [1.165, 1.54) is 0 Å². The number of hydrogen-bond donors (Lipinski definition) is 2. The summed E-state index contributed by atoms with van der Waals surface area (Å²) in [4.78, 5) is 12.2. The number of benzene rings is 2. The Morgan fingerprint density at radius 2 is 1.71 bits per heavy atom. The van der Waals surface area contributed by atoms with Crippen molar-refractivity contribution in [2.45, 2.75) is 27.7 Å². The third kappa shape index (κ3) is 5.76. The van der Waals surface area contributed by atoms with Crippen molar-refractivity contribution in [2.75, 3.05) is 5.32 Å². The Balaban J connectivity index is 0.00000139. The normalized spacial score (nSPS) is 10.5.